The number of carbonyl (C=O) groups excluding carboxylic acids is 1. The number of carboxylic acid groups (broad SMARTS) is 1. The van der Waals surface area contributed by atoms with Crippen LogP contribution in [-0.4, -0.2) is 46.7 Å². The largest absolute Gasteiger partial charge is 0.481 e. The van der Waals surface area contributed by atoms with Gasteiger partial charge in [-0.2, -0.15) is 0 Å². The van der Waals surface area contributed by atoms with Crippen molar-refractivity contribution in [3.05, 3.63) is 23.9 Å². The molecule has 1 fully saturated rings. The monoisotopic (exact) mass is 349 g/mol. The number of ether oxygens (including phenoxy) is 1. The van der Waals surface area contributed by atoms with Gasteiger partial charge in [0.1, 0.15) is 6.10 Å². The van der Waals surface area contributed by atoms with Crippen LogP contribution in [0.15, 0.2) is 18.3 Å². The van der Waals surface area contributed by atoms with Crippen molar-refractivity contribution in [1.29, 1.82) is 0 Å². The van der Waals surface area contributed by atoms with Crippen LogP contribution in [0.25, 0.3) is 0 Å². The van der Waals surface area contributed by atoms with Gasteiger partial charge in [-0.15, -0.1) is 0 Å². The lowest BCUT2D eigenvalue weighted by molar-refractivity contribution is -0.141. The molecule has 1 unspecified atom stereocenters. The van der Waals surface area contributed by atoms with Crippen LogP contribution >= 0.6 is 0 Å². The zero-order chi connectivity index (χ0) is 18.2. The first-order valence-electron chi connectivity index (χ1n) is 8.79. The summed E-state index contributed by atoms with van der Waals surface area (Å²) in [5, 5.41) is 11.7. The highest BCUT2D eigenvalue weighted by Crippen LogP contribution is 2.22. The lowest BCUT2D eigenvalue weighted by Crippen LogP contribution is -2.40. The molecule has 1 saturated carbocycles. The van der Waals surface area contributed by atoms with E-state index in [9.17, 15) is 9.59 Å². The third-order valence-electron chi connectivity index (χ3n) is 4.40. The first kappa shape index (κ1) is 19.0. The summed E-state index contributed by atoms with van der Waals surface area (Å²) < 4.78 is 5.93. The van der Waals surface area contributed by atoms with Crippen molar-refractivity contribution in [2.45, 2.75) is 51.7 Å². The van der Waals surface area contributed by atoms with Gasteiger partial charge in [-0.3, -0.25) is 4.79 Å². The van der Waals surface area contributed by atoms with E-state index < -0.39 is 11.9 Å². The summed E-state index contributed by atoms with van der Waals surface area (Å²) in [5.41, 5.74) is 0.897. The smallest absolute Gasteiger partial charge is 0.317 e. The van der Waals surface area contributed by atoms with Crippen molar-refractivity contribution in [2.24, 2.45) is 5.92 Å². The van der Waals surface area contributed by atoms with Crippen LogP contribution in [0, 0.1) is 5.92 Å². The maximum atomic E-state index is 12.1. The Balaban J connectivity index is 1.82. The van der Waals surface area contributed by atoms with Gasteiger partial charge in [-0.05, 0) is 37.3 Å². The summed E-state index contributed by atoms with van der Waals surface area (Å²) >= 11 is 0. The zero-order valence-electron chi connectivity index (χ0n) is 14.9. The number of urea groups is 1. The summed E-state index contributed by atoms with van der Waals surface area (Å²) in [6.45, 7) is 2.07. The highest BCUT2D eigenvalue weighted by molar-refractivity contribution is 5.75. The number of nitrogens with zero attached hydrogens (tertiary/aromatic N) is 2. The molecule has 0 bridgehead atoms. The van der Waals surface area contributed by atoms with E-state index in [1.165, 1.54) is 24.2 Å². The van der Waals surface area contributed by atoms with E-state index in [0.717, 1.165) is 18.4 Å². The number of hydrogen-bond donors (Lipinski definition) is 2. The molecule has 0 aliphatic heterocycles. The fraction of sp³-hybridized carbons (Fsp3) is 0.611. The highest BCUT2D eigenvalue weighted by atomic mass is 16.5. The highest BCUT2D eigenvalue weighted by Gasteiger charge is 2.18. The van der Waals surface area contributed by atoms with E-state index in [2.05, 4.69) is 10.3 Å². The van der Waals surface area contributed by atoms with E-state index in [1.54, 1.807) is 20.2 Å². The van der Waals surface area contributed by atoms with Crippen LogP contribution < -0.4 is 10.1 Å². The van der Waals surface area contributed by atoms with E-state index in [0.29, 0.717) is 12.4 Å². The van der Waals surface area contributed by atoms with Crippen molar-refractivity contribution >= 4 is 12.0 Å². The Morgan fingerprint density at radius 1 is 1.40 bits per heavy atom. The number of amides is 2. The van der Waals surface area contributed by atoms with E-state index in [1.807, 2.05) is 12.1 Å². The van der Waals surface area contributed by atoms with Crippen LogP contribution in [0.1, 0.15) is 44.6 Å². The van der Waals surface area contributed by atoms with Gasteiger partial charge >= 0.3 is 12.0 Å². The molecule has 2 N–H and O–H groups in total. The summed E-state index contributed by atoms with van der Waals surface area (Å²) in [6.07, 6.45) is 7.70. The van der Waals surface area contributed by atoms with E-state index in [4.69, 9.17) is 9.84 Å². The van der Waals surface area contributed by atoms with Crippen molar-refractivity contribution in [1.82, 2.24) is 15.2 Å². The SMILES string of the molecule is CC(CN(C)C(=O)NCc1ccnc(OC2CCCCC2)c1)C(=O)O. The fourth-order valence-electron chi connectivity index (χ4n) is 2.86. The van der Waals surface area contributed by atoms with Gasteiger partial charge in [0.05, 0.1) is 5.92 Å². The lowest BCUT2D eigenvalue weighted by atomic mass is 9.98. The molecule has 7 nitrogen and oxygen atoms in total. The van der Waals surface area contributed by atoms with Crippen molar-refractivity contribution < 1.29 is 19.4 Å². The summed E-state index contributed by atoms with van der Waals surface area (Å²) in [4.78, 5) is 28.5. The van der Waals surface area contributed by atoms with Crippen LogP contribution in [0.5, 0.6) is 5.88 Å². The predicted octanol–water partition coefficient (Wildman–Crippen LogP) is 2.66. The number of rotatable bonds is 7. The van der Waals surface area contributed by atoms with Crippen molar-refractivity contribution in [3.8, 4) is 5.88 Å². The average Bonchev–Trinajstić information content (AvgIpc) is 2.60. The van der Waals surface area contributed by atoms with Gasteiger partial charge in [0.2, 0.25) is 5.88 Å². The number of carboxylic acids is 1. The van der Waals surface area contributed by atoms with Crippen molar-refractivity contribution in [2.75, 3.05) is 13.6 Å². The maximum Gasteiger partial charge on any atom is 0.317 e. The fourth-order valence-corrected chi connectivity index (χ4v) is 2.86. The first-order chi connectivity index (χ1) is 12.0. The molecule has 1 heterocycles. The normalized spacial score (nSPS) is 16.1. The number of hydrogen-bond acceptors (Lipinski definition) is 4. The molecule has 0 saturated heterocycles. The Labute approximate surface area is 148 Å². The summed E-state index contributed by atoms with van der Waals surface area (Å²) in [5.74, 6) is -0.933. The topological polar surface area (TPSA) is 91.8 Å². The second kappa shape index (κ2) is 9.25. The molecule has 25 heavy (non-hydrogen) atoms. The predicted molar refractivity (Wildman–Crippen MR) is 93.4 cm³/mol. The van der Waals surface area contributed by atoms with Crippen LogP contribution in [0.2, 0.25) is 0 Å². The molecule has 1 aromatic rings. The Morgan fingerprint density at radius 3 is 2.80 bits per heavy atom. The minimum Gasteiger partial charge on any atom is -0.481 e. The molecular weight excluding hydrogens is 322 g/mol. The third-order valence-corrected chi connectivity index (χ3v) is 4.40. The number of nitrogens with one attached hydrogen (secondary N) is 1. The first-order valence-corrected chi connectivity index (χ1v) is 8.79. The van der Waals surface area contributed by atoms with E-state index in [-0.39, 0.29) is 18.7 Å². The summed E-state index contributed by atoms with van der Waals surface area (Å²) in [6, 6.07) is 3.36. The number of aromatic nitrogens is 1. The van der Waals surface area contributed by atoms with Crippen LogP contribution in [0.4, 0.5) is 4.79 Å². The average molecular weight is 349 g/mol. The summed E-state index contributed by atoms with van der Waals surface area (Å²) in [7, 11) is 1.58. The van der Waals surface area contributed by atoms with Crippen LogP contribution in [-0.2, 0) is 11.3 Å². The lowest BCUT2D eigenvalue weighted by Gasteiger charge is -2.22. The molecular formula is C18H27N3O4. The minimum absolute atomic E-state index is 0.160. The Morgan fingerprint density at radius 2 is 2.12 bits per heavy atom. The molecule has 0 radical (unpaired) electrons. The number of pyridine rings is 1. The Hall–Kier alpha value is -2.31. The molecule has 1 aliphatic rings. The number of aliphatic carboxylic acids is 1. The quantitative estimate of drug-likeness (QED) is 0.789. The molecule has 0 aromatic carbocycles. The molecule has 2 rings (SSSR count). The maximum absolute atomic E-state index is 12.1. The Bertz CT molecular complexity index is 587. The molecule has 1 aromatic heterocycles. The van der Waals surface area contributed by atoms with Gasteiger partial charge in [0.25, 0.3) is 0 Å². The van der Waals surface area contributed by atoms with Gasteiger partial charge in [0.15, 0.2) is 0 Å². The molecule has 1 aliphatic carbocycles. The van der Waals surface area contributed by atoms with Crippen LogP contribution in [0.3, 0.4) is 0 Å². The van der Waals surface area contributed by atoms with Gasteiger partial charge in [-0.25, -0.2) is 9.78 Å². The van der Waals surface area contributed by atoms with Crippen molar-refractivity contribution in [3.63, 3.8) is 0 Å². The van der Waals surface area contributed by atoms with Gasteiger partial charge < -0.3 is 20.1 Å². The molecule has 1 atom stereocenters. The molecule has 2 amide bonds. The third kappa shape index (κ3) is 6.25. The Kier molecular flexibility index (Phi) is 7.03. The van der Waals surface area contributed by atoms with E-state index >= 15 is 0 Å². The standard InChI is InChI=1S/C18H27N3O4/c1-13(17(22)23)12-21(2)18(24)20-11-14-8-9-19-16(10-14)25-15-6-4-3-5-7-15/h8-10,13,15H,3-7,11-12H2,1-2H3,(H,20,24)(H,22,23). The van der Waals surface area contributed by atoms with Gasteiger partial charge in [0, 0.05) is 32.4 Å². The zero-order valence-corrected chi connectivity index (χ0v) is 14.9. The molecule has 138 valence electrons. The molecule has 7 heteroatoms. The minimum atomic E-state index is -0.918. The number of carbonyl (C=O) groups is 2. The van der Waals surface area contributed by atoms with Gasteiger partial charge in [-0.1, -0.05) is 13.3 Å². The molecule has 0 spiro atoms. The second-order valence-corrected chi connectivity index (χ2v) is 6.66. The second-order valence-electron chi connectivity index (χ2n) is 6.66.